The molecule has 3 nitrogen and oxygen atoms in total. The Hall–Kier alpha value is -2.49. The fourth-order valence-corrected chi connectivity index (χ4v) is 3.09. The van der Waals surface area contributed by atoms with Crippen LogP contribution in [-0.4, -0.2) is 16.0 Å². The number of H-pyrrole nitrogens is 1. The Kier molecular flexibility index (Phi) is 10.9. The van der Waals surface area contributed by atoms with Gasteiger partial charge in [0.1, 0.15) is 5.82 Å². The summed E-state index contributed by atoms with van der Waals surface area (Å²) in [5, 5.41) is 6.91. The molecule has 0 aliphatic rings. The number of nitrogens with zero attached hydrogens (tertiary/aromatic N) is 1. The van der Waals surface area contributed by atoms with Gasteiger partial charge in [-0.15, -0.1) is 0 Å². The second kappa shape index (κ2) is 12.9. The van der Waals surface area contributed by atoms with Crippen LogP contribution in [0.4, 0.5) is 4.39 Å². The van der Waals surface area contributed by atoms with Crippen molar-refractivity contribution in [3.05, 3.63) is 70.8 Å². The van der Waals surface area contributed by atoms with E-state index >= 15 is 0 Å². The van der Waals surface area contributed by atoms with Gasteiger partial charge in [-0.2, -0.15) is 5.10 Å². The Morgan fingerprint density at radius 3 is 2.52 bits per heavy atom. The number of nitrogens with one attached hydrogen (secondary N) is 1. The van der Waals surface area contributed by atoms with E-state index in [1.54, 1.807) is 18.2 Å². The fraction of sp³-hybridized carbons (Fsp3) is 0.440. The first kappa shape index (κ1) is 24.5. The van der Waals surface area contributed by atoms with E-state index in [1.165, 1.54) is 45.1 Å². The van der Waals surface area contributed by atoms with Crippen molar-refractivity contribution < 1.29 is 9.18 Å². The largest absolute Gasteiger partial charge is 0.295 e. The van der Waals surface area contributed by atoms with Gasteiger partial charge in [-0.05, 0) is 56.9 Å². The second-order valence-electron chi connectivity index (χ2n) is 7.51. The van der Waals surface area contributed by atoms with E-state index in [4.69, 9.17) is 0 Å². The third-order valence-corrected chi connectivity index (χ3v) is 5.02. The smallest absolute Gasteiger partial charge is 0.159 e. The van der Waals surface area contributed by atoms with Crippen molar-refractivity contribution in [2.24, 2.45) is 0 Å². The number of hydrogen-bond acceptors (Lipinski definition) is 2. The van der Waals surface area contributed by atoms with Crippen LogP contribution < -0.4 is 0 Å². The molecule has 0 bridgehead atoms. The van der Waals surface area contributed by atoms with Gasteiger partial charge >= 0.3 is 0 Å². The first-order valence-corrected chi connectivity index (χ1v) is 10.4. The summed E-state index contributed by atoms with van der Waals surface area (Å²) in [6.45, 7) is 13.4. The van der Waals surface area contributed by atoms with Gasteiger partial charge < -0.3 is 0 Å². The molecule has 0 fully saturated rings. The SMILES string of the molecule is C=C/C(=C\c1c(C)n[nH]c1C)C(C)=O.CCCCCC[C@H](C)c1cccc(F)c1. The summed E-state index contributed by atoms with van der Waals surface area (Å²) in [5.74, 6) is 0.380. The number of Topliss-reactive ketones (excluding diaryl/α,β-unsaturated/α-hetero) is 1. The van der Waals surface area contributed by atoms with Crippen molar-refractivity contribution in [1.82, 2.24) is 10.2 Å². The molecule has 1 N–H and O–H groups in total. The molecule has 2 rings (SSSR count). The zero-order valence-corrected chi connectivity index (χ0v) is 18.5. The topological polar surface area (TPSA) is 45.8 Å². The van der Waals surface area contributed by atoms with Crippen LogP contribution in [0.25, 0.3) is 6.08 Å². The molecule has 0 aliphatic heterocycles. The summed E-state index contributed by atoms with van der Waals surface area (Å²) in [4.78, 5) is 11.2. The number of aryl methyl sites for hydroxylation is 2. The molecule has 0 radical (unpaired) electrons. The quantitative estimate of drug-likeness (QED) is 0.278. The van der Waals surface area contributed by atoms with E-state index in [-0.39, 0.29) is 11.6 Å². The van der Waals surface area contributed by atoms with Crippen molar-refractivity contribution >= 4 is 11.9 Å². The number of ketones is 1. The molecule has 1 aromatic carbocycles. The summed E-state index contributed by atoms with van der Waals surface area (Å²) in [6, 6.07) is 6.98. The predicted molar refractivity (Wildman–Crippen MR) is 120 cm³/mol. The molecule has 158 valence electrons. The van der Waals surface area contributed by atoms with E-state index in [2.05, 4.69) is 30.6 Å². The van der Waals surface area contributed by atoms with Crippen LogP contribution in [0.3, 0.4) is 0 Å². The van der Waals surface area contributed by atoms with Gasteiger partial charge in [0.05, 0.1) is 5.69 Å². The van der Waals surface area contributed by atoms with Crippen molar-refractivity contribution in [2.75, 3.05) is 0 Å². The Morgan fingerprint density at radius 1 is 1.28 bits per heavy atom. The number of carbonyl (C=O) groups excluding carboxylic acids is 1. The van der Waals surface area contributed by atoms with Gasteiger partial charge in [0.25, 0.3) is 0 Å². The molecule has 4 heteroatoms. The van der Waals surface area contributed by atoms with Gasteiger partial charge in [0.15, 0.2) is 5.78 Å². The Bertz CT molecular complexity index is 800. The van der Waals surface area contributed by atoms with Gasteiger partial charge in [0, 0.05) is 16.8 Å². The third-order valence-electron chi connectivity index (χ3n) is 5.02. The van der Waals surface area contributed by atoms with Crippen molar-refractivity contribution in [2.45, 2.75) is 72.6 Å². The first-order valence-electron chi connectivity index (χ1n) is 10.4. The lowest BCUT2D eigenvalue weighted by atomic mass is 9.95. The van der Waals surface area contributed by atoms with Crippen LogP contribution in [0.5, 0.6) is 0 Å². The third kappa shape index (κ3) is 8.59. The molecule has 0 amide bonds. The molecule has 0 saturated heterocycles. The Labute approximate surface area is 175 Å². The summed E-state index contributed by atoms with van der Waals surface area (Å²) < 4.78 is 13.0. The maximum absolute atomic E-state index is 13.0. The first-order chi connectivity index (χ1) is 13.8. The summed E-state index contributed by atoms with van der Waals surface area (Å²) in [7, 11) is 0. The molecule has 0 unspecified atom stereocenters. The maximum Gasteiger partial charge on any atom is 0.159 e. The molecule has 0 aliphatic carbocycles. The van der Waals surface area contributed by atoms with Crippen molar-refractivity contribution in [1.29, 1.82) is 0 Å². The minimum Gasteiger partial charge on any atom is -0.295 e. The van der Waals surface area contributed by atoms with Gasteiger partial charge in [0.2, 0.25) is 0 Å². The second-order valence-corrected chi connectivity index (χ2v) is 7.51. The lowest BCUT2D eigenvalue weighted by molar-refractivity contribution is -0.113. The summed E-state index contributed by atoms with van der Waals surface area (Å²) >= 11 is 0. The molecule has 29 heavy (non-hydrogen) atoms. The highest BCUT2D eigenvalue weighted by Gasteiger charge is 2.06. The number of aromatic nitrogens is 2. The lowest BCUT2D eigenvalue weighted by Gasteiger charge is -2.11. The predicted octanol–water partition coefficient (Wildman–Crippen LogP) is 7.08. The van der Waals surface area contributed by atoms with Gasteiger partial charge in [-0.3, -0.25) is 9.89 Å². The number of hydrogen-bond donors (Lipinski definition) is 1. The number of aromatic amines is 1. The lowest BCUT2D eigenvalue weighted by Crippen LogP contribution is -1.94. The average Bonchev–Trinajstić information content (AvgIpc) is 3.01. The van der Waals surface area contributed by atoms with Gasteiger partial charge in [-0.25, -0.2) is 4.39 Å². The number of allylic oxidation sites excluding steroid dienone is 2. The Morgan fingerprint density at radius 2 is 2.00 bits per heavy atom. The van der Waals surface area contributed by atoms with Crippen LogP contribution >= 0.6 is 0 Å². The molecule has 1 atom stereocenters. The number of unbranched alkanes of at least 4 members (excludes halogenated alkanes) is 3. The van der Waals surface area contributed by atoms with E-state index in [1.807, 2.05) is 26.0 Å². The summed E-state index contributed by atoms with van der Waals surface area (Å²) in [6.07, 6.45) is 9.69. The minimum atomic E-state index is -0.118. The Balaban J connectivity index is 0.000000291. The molecule has 0 spiro atoms. The van der Waals surface area contributed by atoms with E-state index < -0.39 is 0 Å². The summed E-state index contributed by atoms with van der Waals surface area (Å²) in [5.41, 5.74) is 4.56. The van der Waals surface area contributed by atoms with Crippen LogP contribution in [0.2, 0.25) is 0 Å². The van der Waals surface area contributed by atoms with Crippen LogP contribution in [-0.2, 0) is 4.79 Å². The van der Waals surface area contributed by atoms with E-state index in [9.17, 15) is 9.18 Å². The van der Waals surface area contributed by atoms with Gasteiger partial charge in [-0.1, -0.05) is 64.3 Å². The highest BCUT2D eigenvalue weighted by Crippen LogP contribution is 2.22. The molecule has 2 aromatic rings. The molecule has 1 aromatic heterocycles. The van der Waals surface area contributed by atoms with Crippen LogP contribution in [0.15, 0.2) is 42.5 Å². The maximum atomic E-state index is 13.0. The highest BCUT2D eigenvalue weighted by atomic mass is 19.1. The molecular formula is C25H35FN2O. The fourth-order valence-electron chi connectivity index (χ4n) is 3.09. The zero-order chi connectivity index (χ0) is 21.8. The van der Waals surface area contributed by atoms with Crippen LogP contribution in [0.1, 0.15) is 81.3 Å². The monoisotopic (exact) mass is 398 g/mol. The molecule has 1 heterocycles. The standard InChI is InChI=1S/C14H21F.C11H14N2O/c1-3-4-5-6-8-12(2)13-9-7-10-14(15)11-13;1-5-10(9(4)14)6-11-7(2)12-13-8(11)3/h7,9-12H,3-6,8H2,1-2H3;5-6H,1H2,2-4H3,(H,12,13)/b;10-6+/t12-;/m0./s1. The highest BCUT2D eigenvalue weighted by molar-refractivity contribution is 6.00. The average molecular weight is 399 g/mol. The van der Waals surface area contributed by atoms with Crippen molar-refractivity contribution in [3.63, 3.8) is 0 Å². The van der Waals surface area contributed by atoms with Crippen molar-refractivity contribution in [3.8, 4) is 0 Å². The molecule has 0 saturated carbocycles. The van der Waals surface area contributed by atoms with Crippen LogP contribution in [0, 0.1) is 19.7 Å². The van der Waals surface area contributed by atoms with E-state index in [0.29, 0.717) is 11.5 Å². The molecular weight excluding hydrogens is 363 g/mol. The number of rotatable bonds is 9. The number of halogens is 1. The normalized spacial score (nSPS) is 12.1. The number of carbonyl (C=O) groups is 1. The van der Waals surface area contributed by atoms with E-state index in [0.717, 1.165) is 22.5 Å². The zero-order valence-electron chi connectivity index (χ0n) is 18.5. The minimum absolute atomic E-state index is 0.0139. The number of benzene rings is 1.